The molecule has 1 aliphatic rings. The molecule has 0 aliphatic carbocycles. The lowest BCUT2D eigenvalue weighted by atomic mass is 9.70. The number of nitrogens with zero attached hydrogens (tertiary/aromatic N) is 3. The highest BCUT2D eigenvalue weighted by Crippen LogP contribution is 2.36. The van der Waals surface area contributed by atoms with Crippen molar-refractivity contribution in [3.05, 3.63) is 64.6 Å². The molecular weight excluding hydrogens is 450 g/mol. The number of hydrogen-bond acceptors (Lipinski definition) is 4. The summed E-state index contributed by atoms with van der Waals surface area (Å²) in [5, 5.41) is 10.1. The van der Waals surface area contributed by atoms with Crippen LogP contribution in [0.15, 0.2) is 59.1 Å². The maximum atomic E-state index is 10.1. The summed E-state index contributed by atoms with van der Waals surface area (Å²) in [4.78, 5) is 5.02. The van der Waals surface area contributed by atoms with Gasteiger partial charge < -0.3 is 9.64 Å². The van der Waals surface area contributed by atoms with Gasteiger partial charge in [0.1, 0.15) is 12.4 Å². The molecule has 1 heterocycles. The van der Waals surface area contributed by atoms with Crippen molar-refractivity contribution in [3.63, 3.8) is 0 Å². The first-order valence-electron chi connectivity index (χ1n) is 11.3. The summed E-state index contributed by atoms with van der Waals surface area (Å²) in [5.41, 5.74) is 0.759. The van der Waals surface area contributed by atoms with Crippen LogP contribution in [0.3, 0.4) is 0 Å². The van der Waals surface area contributed by atoms with Gasteiger partial charge in [-0.1, -0.05) is 66.2 Å². The van der Waals surface area contributed by atoms with Gasteiger partial charge in [0.15, 0.2) is 0 Å². The molecule has 0 spiro atoms. The van der Waals surface area contributed by atoms with E-state index in [2.05, 4.69) is 57.8 Å². The molecule has 1 unspecified atom stereocenters. The smallest absolute Gasteiger partial charge is 0.120 e. The first kappa shape index (κ1) is 23.8. The van der Waals surface area contributed by atoms with Crippen LogP contribution in [0.1, 0.15) is 32.3 Å². The second-order valence-electron chi connectivity index (χ2n) is 8.70. The summed E-state index contributed by atoms with van der Waals surface area (Å²) < 4.78 is 6.92. The Kier molecular flexibility index (Phi) is 8.95. The Balaban J connectivity index is 1.40. The van der Waals surface area contributed by atoms with Crippen molar-refractivity contribution < 1.29 is 4.74 Å². The predicted molar refractivity (Wildman–Crippen MR) is 130 cm³/mol. The maximum Gasteiger partial charge on any atom is 0.120 e. The van der Waals surface area contributed by atoms with Crippen molar-refractivity contribution in [1.29, 1.82) is 5.26 Å². The number of rotatable bonds is 10. The highest BCUT2D eigenvalue weighted by molar-refractivity contribution is 9.10. The van der Waals surface area contributed by atoms with Gasteiger partial charge in [-0.05, 0) is 49.1 Å². The number of hydrogen-bond donors (Lipinski definition) is 0. The van der Waals surface area contributed by atoms with Crippen molar-refractivity contribution >= 4 is 15.9 Å². The molecule has 2 aromatic rings. The Bertz CT molecular complexity index is 843. The number of halogens is 1. The fourth-order valence-electron chi connectivity index (χ4n) is 4.42. The highest BCUT2D eigenvalue weighted by Gasteiger charge is 2.35. The quantitative estimate of drug-likeness (QED) is 0.456. The standard InChI is InChI=1S/C26H34BrN3O/c1-22(2)26(21-28,23-8-4-3-5-9-23)12-7-13-29-14-16-30(17-15-29)18-19-31-25-11-6-10-24(27)20-25/h3-6,8-11,20,22H,7,12-19H2,1-2H3. The van der Waals surface area contributed by atoms with Crippen LogP contribution < -0.4 is 4.74 Å². The molecule has 0 amide bonds. The Labute approximate surface area is 195 Å². The Hall–Kier alpha value is -1.87. The maximum absolute atomic E-state index is 10.1. The van der Waals surface area contributed by atoms with Gasteiger partial charge in [-0.3, -0.25) is 4.90 Å². The van der Waals surface area contributed by atoms with Gasteiger partial charge in [-0.2, -0.15) is 5.26 Å². The molecule has 1 atom stereocenters. The first-order chi connectivity index (χ1) is 15.0. The zero-order valence-electron chi connectivity index (χ0n) is 18.8. The van der Waals surface area contributed by atoms with E-state index in [1.807, 2.05) is 42.5 Å². The topological polar surface area (TPSA) is 39.5 Å². The van der Waals surface area contributed by atoms with Crippen LogP contribution in [0.25, 0.3) is 0 Å². The van der Waals surface area contributed by atoms with Crippen molar-refractivity contribution in [3.8, 4) is 11.8 Å². The van der Waals surface area contributed by atoms with E-state index in [4.69, 9.17) is 4.74 Å². The predicted octanol–water partition coefficient (Wildman–Crippen LogP) is 5.34. The zero-order valence-corrected chi connectivity index (χ0v) is 20.4. The number of ether oxygens (including phenoxy) is 1. The van der Waals surface area contributed by atoms with E-state index in [-0.39, 0.29) is 0 Å². The molecule has 4 nitrogen and oxygen atoms in total. The van der Waals surface area contributed by atoms with Crippen LogP contribution in [0.4, 0.5) is 0 Å². The largest absolute Gasteiger partial charge is 0.492 e. The summed E-state index contributed by atoms with van der Waals surface area (Å²) in [6.07, 6.45) is 1.96. The van der Waals surface area contributed by atoms with E-state index in [1.54, 1.807) is 0 Å². The van der Waals surface area contributed by atoms with Crippen molar-refractivity contribution in [2.45, 2.75) is 32.1 Å². The molecule has 1 saturated heterocycles. The summed E-state index contributed by atoms with van der Waals surface area (Å²) in [5.74, 6) is 1.21. The summed E-state index contributed by atoms with van der Waals surface area (Å²) in [6.45, 7) is 11.4. The molecule has 5 heteroatoms. The van der Waals surface area contributed by atoms with Gasteiger partial charge in [0.25, 0.3) is 0 Å². The molecule has 2 aromatic carbocycles. The number of benzene rings is 2. The van der Waals surface area contributed by atoms with Gasteiger partial charge in [0.05, 0.1) is 11.5 Å². The van der Waals surface area contributed by atoms with E-state index in [9.17, 15) is 5.26 Å². The van der Waals surface area contributed by atoms with Gasteiger partial charge >= 0.3 is 0 Å². The van der Waals surface area contributed by atoms with E-state index >= 15 is 0 Å². The SMILES string of the molecule is CC(C)C(C#N)(CCCN1CCN(CCOc2cccc(Br)c2)CC1)c1ccccc1. The third-order valence-corrected chi connectivity index (χ3v) is 6.95. The second-order valence-corrected chi connectivity index (χ2v) is 9.61. The molecule has 1 fully saturated rings. The Morgan fingerprint density at radius 3 is 2.29 bits per heavy atom. The lowest BCUT2D eigenvalue weighted by Crippen LogP contribution is -2.47. The van der Waals surface area contributed by atoms with E-state index < -0.39 is 5.41 Å². The van der Waals surface area contributed by atoms with Crippen LogP contribution in [0.5, 0.6) is 5.75 Å². The monoisotopic (exact) mass is 483 g/mol. The second kappa shape index (κ2) is 11.7. The molecule has 0 saturated carbocycles. The highest BCUT2D eigenvalue weighted by atomic mass is 79.9. The van der Waals surface area contributed by atoms with Crippen molar-refractivity contribution in [2.24, 2.45) is 5.92 Å². The number of piperazine rings is 1. The van der Waals surface area contributed by atoms with E-state index in [1.165, 1.54) is 0 Å². The summed E-state index contributed by atoms with van der Waals surface area (Å²) >= 11 is 3.48. The fourth-order valence-corrected chi connectivity index (χ4v) is 4.80. The lowest BCUT2D eigenvalue weighted by Gasteiger charge is -2.36. The summed E-state index contributed by atoms with van der Waals surface area (Å²) in [7, 11) is 0. The molecule has 3 rings (SSSR count). The minimum Gasteiger partial charge on any atom is -0.492 e. The lowest BCUT2D eigenvalue weighted by molar-refractivity contribution is 0.114. The van der Waals surface area contributed by atoms with Gasteiger partial charge in [-0.15, -0.1) is 0 Å². The molecule has 0 aromatic heterocycles. The summed E-state index contributed by atoms with van der Waals surface area (Å²) in [6, 6.07) is 21.0. The first-order valence-corrected chi connectivity index (χ1v) is 12.1. The van der Waals surface area contributed by atoms with E-state index in [0.29, 0.717) is 12.5 Å². The molecule has 0 N–H and O–H groups in total. The van der Waals surface area contributed by atoms with Gasteiger partial charge in [-0.25, -0.2) is 0 Å². The molecular formula is C26H34BrN3O. The third kappa shape index (κ3) is 6.55. The average Bonchev–Trinajstić information content (AvgIpc) is 2.78. The zero-order chi connectivity index (χ0) is 22.1. The van der Waals surface area contributed by atoms with Gasteiger partial charge in [0.2, 0.25) is 0 Å². The van der Waals surface area contributed by atoms with Crippen molar-refractivity contribution in [1.82, 2.24) is 9.80 Å². The molecule has 1 aliphatic heterocycles. The molecule has 31 heavy (non-hydrogen) atoms. The Morgan fingerprint density at radius 1 is 1.00 bits per heavy atom. The van der Waals surface area contributed by atoms with Crippen molar-refractivity contribution in [2.75, 3.05) is 45.9 Å². The van der Waals surface area contributed by atoms with Crippen LogP contribution in [0, 0.1) is 17.2 Å². The van der Waals surface area contributed by atoms with Crippen LogP contribution in [0.2, 0.25) is 0 Å². The Morgan fingerprint density at radius 2 is 1.68 bits per heavy atom. The molecule has 0 radical (unpaired) electrons. The molecule has 166 valence electrons. The number of nitriles is 1. The normalized spacial score (nSPS) is 17.3. The minimum absolute atomic E-state index is 0.294. The third-order valence-electron chi connectivity index (χ3n) is 6.46. The van der Waals surface area contributed by atoms with E-state index in [0.717, 1.165) is 67.9 Å². The average molecular weight is 484 g/mol. The molecule has 0 bridgehead atoms. The fraction of sp³-hybridized carbons (Fsp3) is 0.500. The van der Waals surface area contributed by atoms with Crippen LogP contribution in [-0.2, 0) is 5.41 Å². The minimum atomic E-state index is -0.396. The van der Waals surface area contributed by atoms with Gasteiger partial charge in [0, 0.05) is 37.2 Å². The van der Waals surface area contributed by atoms with Crippen LogP contribution in [-0.4, -0.2) is 55.7 Å². The van der Waals surface area contributed by atoms with Crippen LogP contribution >= 0.6 is 15.9 Å².